The molecule has 0 saturated carbocycles. The Hall–Kier alpha value is -6.14. The number of nitrogens with zero attached hydrogens (tertiary/aromatic N) is 5. The summed E-state index contributed by atoms with van der Waals surface area (Å²) in [5.74, 6) is -12.5. The fourth-order valence-electron chi connectivity index (χ4n) is 6.95. The van der Waals surface area contributed by atoms with E-state index in [0.29, 0.717) is 22.0 Å². The van der Waals surface area contributed by atoms with Crippen molar-refractivity contribution in [2.75, 3.05) is 26.2 Å². The number of hydrogen-bond donors (Lipinski definition) is 7. The van der Waals surface area contributed by atoms with Crippen molar-refractivity contribution >= 4 is 52.1 Å². The number of H-pyrrole nitrogens is 1. The van der Waals surface area contributed by atoms with Crippen molar-refractivity contribution in [2.45, 2.75) is 42.2 Å². The van der Waals surface area contributed by atoms with Gasteiger partial charge in [-0.1, -0.05) is 6.07 Å². The highest BCUT2D eigenvalue weighted by Gasteiger charge is 2.44. The number of phenolic OH excluding ortho intramolecular Hbond substituents is 2. The maximum absolute atomic E-state index is 15.3. The van der Waals surface area contributed by atoms with E-state index in [0.717, 1.165) is 12.1 Å². The average molecular weight is 803 g/mol. The Balaban J connectivity index is 1.06. The van der Waals surface area contributed by atoms with Crippen molar-refractivity contribution < 1.29 is 65.8 Å². The largest absolute Gasteiger partial charge is 0.547 e. The number of urea groups is 2. The lowest BCUT2D eigenvalue weighted by molar-refractivity contribution is -0.123. The van der Waals surface area contributed by atoms with Gasteiger partial charge in [-0.05, 0) is 55.2 Å². The van der Waals surface area contributed by atoms with Crippen LogP contribution in [-0.2, 0) is 21.2 Å². The first-order valence-corrected chi connectivity index (χ1v) is 18.3. The quantitative estimate of drug-likeness (QED) is 0.0969. The van der Waals surface area contributed by atoms with Gasteiger partial charge in [0.2, 0.25) is 15.9 Å². The highest BCUT2D eigenvalue weighted by Crippen LogP contribution is 2.37. The molecule has 2 atom stereocenters. The number of carboxylic acid groups (broad SMARTS) is 1. The second kappa shape index (κ2) is 14.5. The van der Waals surface area contributed by atoms with Crippen LogP contribution in [0.3, 0.4) is 0 Å². The number of halogens is 3. The van der Waals surface area contributed by atoms with Crippen molar-refractivity contribution in [2.24, 2.45) is 0 Å². The van der Waals surface area contributed by atoms with Crippen molar-refractivity contribution in [3.8, 4) is 17.2 Å². The Morgan fingerprint density at radius 2 is 1.68 bits per heavy atom. The number of phenols is 2. The van der Waals surface area contributed by atoms with E-state index < -0.39 is 105 Å². The second-order valence-electron chi connectivity index (χ2n) is 13.1. The lowest BCUT2D eigenvalue weighted by Crippen LogP contribution is -2.56. The van der Waals surface area contributed by atoms with E-state index in [1.165, 1.54) is 27.4 Å². The number of carbonyl (C=O) groups is 4. The SMILES string of the molecule is O=C(O)c1c(F)ccc2c1OB(O)[C@@H](NC(=O)[C@H](NC(=O)N1CCN(C3CCN(S(=O)(=O)c4ccc5n[nH]nc5c4)CC3)C1=O)c1cc(F)c(O)c(O)c1F)C2. The van der Waals surface area contributed by atoms with E-state index in [1.54, 1.807) is 0 Å². The summed E-state index contributed by atoms with van der Waals surface area (Å²) in [6.07, 6.45) is 0.0343. The maximum Gasteiger partial charge on any atom is 0.547 e. The van der Waals surface area contributed by atoms with Gasteiger partial charge in [0.25, 0.3) is 0 Å². The summed E-state index contributed by atoms with van der Waals surface area (Å²) < 4.78 is 77.3. The summed E-state index contributed by atoms with van der Waals surface area (Å²) in [4.78, 5) is 54.5. The summed E-state index contributed by atoms with van der Waals surface area (Å²) in [5.41, 5.74) is -0.995. The van der Waals surface area contributed by atoms with Crippen molar-refractivity contribution in [3.05, 3.63) is 70.5 Å². The van der Waals surface area contributed by atoms with Crippen LogP contribution in [-0.4, -0.2) is 127 Å². The first-order chi connectivity index (χ1) is 26.6. The first kappa shape index (κ1) is 38.2. The molecule has 294 valence electrons. The lowest BCUT2D eigenvalue weighted by atomic mass is 9.72. The number of aromatic carboxylic acids is 1. The molecule has 7 N–H and O–H groups in total. The van der Waals surface area contributed by atoms with E-state index in [1.807, 2.05) is 0 Å². The zero-order valence-electron chi connectivity index (χ0n) is 28.6. The molecular formula is C32H30BF3N8O11S. The van der Waals surface area contributed by atoms with Crippen molar-refractivity contribution in [1.82, 2.24) is 40.1 Å². The van der Waals surface area contributed by atoms with Gasteiger partial charge in [-0.3, -0.25) is 4.79 Å². The minimum absolute atomic E-state index is 0.00368. The molecule has 3 aromatic carbocycles. The van der Waals surface area contributed by atoms with Crippen LogP contribution in [0.5, 0.6) is 17.2 Å². The molecule has 0 unspecified atom stereocenters. The van der Waals surface area contributed by atoms with Gasteiger partial charge in [0.05, 0.1) is 10.8 Å². The number of benzene rings is 3. The minimum atomic E-state index is -3.93. The molecular weight excluding hydrogens is 772 g/mol. The molecule has 2 fully saturated rings. The van der Waals surface area contributed by atoms with Crippen molar-refractivity contribution in [3.63, 3.8) is 0 Å². The molecule has 4 heterocycles. The molecule has 3 aliphatic rings. The van der Waals surface area contributed by atoms with Crippen molar-refractivity contribution in [1.29, 1.82) is 0 Å². The number of imide groups is 1. The predicted molar refractivity (Wildman–Crippen MR) is 183 cm³/mol. The molecule has 24 heteroatoms. The topological polar surface area (TPSA) is 268 Å². The molecule has 0 spiro atoms. The van der Waals surface area contributed by atoms with Gasteiger partial charge in [-0.25, -0.2) is 40.9 Å². The third-order valence-electron chi connectivity index (χ3n) is 9.86. The molecule has 19 nitrogen and oxygen atoms in total. The van der Waals surface area contributed by atoms with E-state index in [9.17, 15) is 56.7 Å². The number of aromatic amines is 1. The van der Waals surface area contributed by atoms with Gasteiger partial charge >= 0.3 is 25.1 Å². The van der Waals surface area contributed by atoms with Crippen LogP contribution in [0.2, 0.25) is 0 Å². The highest BCUT2D eigenvalue weighted by molar-refractivity contribution is 7.89. The average Bonchev–Trinajstić information content (AvgIpc) is 3.81. The van der Waals surface area contributed by atoms with Crippen LogP contribution in [0, 0.1) is 17.5 Å². The molecule has 0 bridgehead atoms. The molecule has 56 heavy (non-hydrogen) atoms. The Labute approximate surface area is 313 Å². The van der Waals surface area contributed by atoms with E-state index in [-0.39, 0.29) is 55.9 Å². The number of aromatic hydroxyl groups is 2. The predicted octanol–water partition coefficient (Wildman–Crippen LogP) is 0.966. The van der Waals surface area contributed by atoms with Gasteiger partial charge < -0.3 is 40.5 Å². The molecule has 0 radical (unpaired) electrons. The zero-order valence-corrected chi connectivity index (χ0v) is 29.5. The van der Waals surface area contributed by atoms with E-state index in [2.05, 4.69) is 26.0 Å². The summed E-state index contributed by atoms with van der Waals surface area (Å²) in [6.45, 7) is -0.173. The number of sulfonamides is 1. The molecule has 0 aliphatic carbocycles. The number of aromatic nitrogens is 3. The fraction of sp³-hybridized carbons (Fsp3) is 0.312. The number of rotatable bonds is 8. The Kier molecular flexibility index (Phi) is 9.88. The molecule has 2 saturated heterocycles. The monoisotopic (exact) mass is 802 g/mol. The zero-order chi connectivity index (χ0) is 40.2. The normalized spacial score (nSPS) is 18.5. The summed E-state index contributed by atoms with van der Waals surface area (Å²) >= 11 is 0. The maximum atomic E-state index is 15.3. The number of carboxylic acids is 1. The van der Waals surface area contributed by atoms with Gasteiger partial charge in [-0.15, -0.1) is 0 Å². The van der Waals surface area contributed by atoms with Crippen LogP contribution in [0.25, 0.3) is 11.0 Å². The summed E-state index contributed by atoms with van der Waals surface area (Å²) in [7, 11) is -5.94. The third kappa shape index (κ3) is 6.74. The number of amides is 5. The Bertz CT molecular complexity index is 2400. The Morgan fingerprint density at radius 1 is 0.964 bits per heavy atom. The van der Waals surface area contributed by atoms with Crippen LogP contribution >= 0.6 is 0 Å². The van der Waals surface area contributed by atoms with Crippen LogP contribution in [0.15, 0.2) is 41.3 Å². The molecule has 5 amide bonds. The number of piperidine rings is 1. The number of carbonyl (C=O) groups excluding carboxylic acids is 3. The molecule has 7 rings (SSSR count). The molecule has 1 aromatic heterocycles. The van der Waals surface area contributed by atoms with Crippen LogP contribution in [0.1, 0.15) is 40.4 Å². The summed E-state index contributed by atoms with van der Waals surface area (Å²) in [5, 5.41) is 54.5. The minimum Gasteiger partial charge on any atom is -0.534 e. The smallest absolute Gasteiger partial charge is 0.534 e. The number of fused-ring (bicyclic) bond motifs is 2. The van der Waals surface area contributed by atoms with Crippen LogP contribution in [0.4, 0.5) is 22.8 Å². The lowest BCUT2D eigenvalue weighted by Gasteiger charge is -2.35. The van der Waals surface area contributed by atoms with Gasteiger partial charge in [-0.2, -0.15) is 19.7 Å². The van der Waals surface area contributed by atoms with Gasteiger partial charge in [0, 0.05) is 37.8 Å². The third-order valence-corrected chi connectivity index (χ3v) is 11.8. The van der Waals surface area contributed by atoms with E-state index in [4.69, 9.17) is 4.65 Å². The summed E-state index contributed by atoms with van der Waals surface area (Å²) in [6, 6.07) is 1.76. The number of hydrogen-bond acceptors (Lipinski definition) is 12. The Morgan fingerprint density at radius 3 is 2.39 bits per heavy atom. The first-order valence-electron chi connectivity index (χ1n) is 16.9. The van der Waals surface area contributed by atoms with E-state index >= 15 is 4.39 Å². The van der Waals surface area contributed by atoms with Gasteiger partial charge in [0.1, 0.15) is 34.2 Å². The highest BCUT2D eigenvalue weighted by atomic mass is 32.2. The van der Waals surface area contributed by atoms with Gasteiger partial charge in [0.15, 0.2) is 23.1 Å². The fourth-order valence-corrected chi connectivity index (χ4v) is 8.44. The second-order valence-corrected chi connectivity index (χ2v) is 15.1. The standard InChI is InChI=1S/C32H30BF3N8O11S/c34-18-3-1-14-11-22(33(52)55-28(14)23(18)30(48)49)37-29(47)25(17-13-19(35)26(45)27(46)24(17)36)38-31(50)44-10-9-43(32(44)51)15-5-7-42(8-6-15)56(53,54)16-2-4-20-21(12-16)40-41-39-20/h1-4,12-13,15,22,25,45-46,52H,5-11H2,(H,37,47)(H,38,50)(H,48,49)(H,39,40,41)/t22-,25+/m0/s1. The van der Waals surface area contributed by atoms with Crippen LogP contribution < -0.4 is 15.3 Å². The number of nitrogens with one attached hydrogen (secondary N) is 3. The molecule has 3 aliphatic heterocycles. The molecule has 4 aromatic rings.